The number of carbonyl (C=O) groups excluding carboxylic acids is 1. The van der Waals surface area contributed by atoms with Gasteiger partial charge in [0.15, 0.2) is 0 Å². The van der Waals surface area contributed by atoms with Gasteiger partial charge in [-0.05, 0) is 39.5 Å². The first kappa shape index (κ1) is 16.6. The minimum Gasteiger partial charge on any atom is -0.389 e. The van der Waals surface area contributed by atoms with Crippen molar-refractivity contribution in [3.05, 3.63) is 0 Å². The molecule has 2 rings (SSSR count). The summed E-state index contributed by atoms with van der Waals surface area (Å²) >= 11 is 0. The Kier molecular flexibility index (Phi) is 5.15. The Morgan fingerprint density at radius 1 is 1.38 bits per heavy atom. The molecule has 1 heterocycles. The summed E-state index contributed by atoms with van der Waals surface area (Å²) in [4.78, 5) is 13.8. The van der Waals surface area contributed by atoms with Crippen LogP contribution in [0.2, 0.25) is 0 Å². The van der Waals surface area contributed by atoms with Crippen LogP contribution in [-0.4, -0.2) is 53.5 Å². The van der Waals surface area contributed by atoms with Gasteiger partial charge in [0, 0.05) is 19.7 Å². The van der Waals surface area contributed by atoms with Crippen LogP contribution in [0.15, 0.2) is 0 Å². The molecule has 1 atom stereocenters. The molecular formula is C16H30N2O3. The van der Waals surface area contributed by atoms with Gasteiger partial charge in [-0.25, -0.2) is 4.79 Å². The largest absolute Gasteiger partial charge is 0.389 e. The highest BCUT2D eigenvalue weighted by atomic mass is 16.5. The lowest BCUT2D eigenvalue weighted by atomic mass is 9.78. The van der Waals surface area contributed by atoms with Crippen LogP contribution in [0.3, 0.4) is 0 Å². The molecule has 5 nitrogen and oxygen atoms in total. The average Bonchev–Trinajstić information content (AvgIpc) is 2.37. The van der Waals surface area contributed by atoms with E-state index in [1.807, 2.05) is 0 Å². The number of carbonyl (C=O) groups is 1. The molecule has 0 aromatic heterocycles. The molecule has 2 amide bonds. The molecule has 1 aliphatic carbocycles. The highest BCUT2D eigenvalue weighted by molar-refractivity contribution is 5.74. The molecule has 1 spiro atoms. The molecule has 1 aliphatic heterocycles. The molecule has 2 N–H and O–H groups in total. The fraction of sp³-hybridized carbons (Fsp3) is 0.938. The van der Waals surface area contributed by atoms with Crippen molar-refractivity contribution in [2.45, 2.75) is 76.0 Å². The first-order chi connectivity index (χ1) is 9.80. The summed E-state index contributed by atoms with van der Waals surface area (Å²) in [7, 11) is 1.73. The second-order valence-electron chi connectivity index (χ2n) is 7.40. The molecule has 1 saturated heterocycles. The van der Waals surface area contributed by atoms with E-state index in [0.717, 1.165) is 32.3 Å². The third-order valence-electron chi connectivity index (χ3n) is 4.56. The SMILES string of the molecule is CN(CC(C)(C)O)C(=O)NC1CCOC2(CCCCC2)C1. The van der Waals surface area contributed by atoms with E-state index < -0.39 is 5.60 Å². The van der Waals surface area contributed by atoms with Gasteiger partial charge in [-0.2, -0.15) is 0 Å². The van der Waals surface area contributed by atoms with Crippen LogP contribution in [-0.2, 0) is 4.74 Å². The quantitative estimate of drug-likeness (QED) is 0.840. The van der Waals surface area contributed by atoms with Crippen LogP contribution in [0.25, 0.3) is 0 Å². The van der Waals surface area contributed by atoms with Crippen LogP contribution >= 0.6 is 0 Å². The van der Waals surface area contributed by atoms with Crippen LogP contribution in [0.5, 0.6) is 0 Å². The molecule has 5 heteroatoms. The van der Waals surface area contributed by atoms with Crippen LogP contribution < -0.4 is 5.32 Å². The molecule has 2 fully saturated rings. The summed E-state index contributed by atoms with van der Waals surface area (Å²) in [5, 5.41) is 12.9. The molecule has 0 aromatic carbocycles. The fourth-order valence-corrected chi connectivity index (χ4v) is 3.63. The van der Waals surface area contributed by atoms with Crippen molar-refractivity contribution in [2.75, 3.05) is 20.2 Å². The number of hydrogen-bond donors (Lipinski definition) is 2. The number of ether oxygens (including phenoxy) is 1. The summed E-state index contributed by atoms with van der Waals surface area (Å²) in [5.41, 5.74) is -0.865. The van der Waals surface area contributed by atoms with Gasteiger partial charge in [0.05, 0.1) is 17.7 Å². The maximum atomic E-state index is 12.2. The lowest BCUT2D eigenvalue weighted by Crippen LogP contribution is -2.53. The van der Waals surface area contributed by atoms with Crippen LogP contribution in [0.1, 0.15) is 58.8 Å². The zero-order chi connectivity index (χ0) is 15.5. The van der Waals surface area contributed by atoms with Crippen molar-refractivity contribution in [1.82, 2.24) is 10.2 Å². The minimum atomic E-state index is -0.869. The average molecular weight is 298 g/mol. The Morgan fingerprint density at radius 3 is 2.67 bits per heavy atom. The topological polar surface area (TPSA) is 61.8 Å². The Bertz CT molecular complexity index is 354. The maximum Gasteiger partial charge on any atom is 0.317 e. The van der Waals surface area contributed by atoms with Gasteiger partial charge in [0.2, 0.25) is 0 Å². The monoisotopic (exact) mass is 298 g/mol. The molecule has 0 radical (unpaired) electrons. The number of rotatable bonds is 3. The van der Waals surface area contributed by atoms with Gasteiger partial charge < -0.3 is 20.1 Å². The van der Waals surface area contributed by atoms with E-state index in [1.54, 1.807) is 25.8 Å². The Morgan fingerprint density at radius 2 is 2.05 bits per heavy atom. The summed E-state index contributed by atoms with van der Waals surface area (Å²) in [6, 6.07) is 0.0867. The van der Waals surface area contributed by atoms with Crippen molar-refractivity contribution < 1.29 is 14.6 Å². The van der Waals surface area contributed by atoms with Gasteiger partial charge in [0.1, 0.15) is 0 Å². The highest BCUT2D eigenvalue weighted by Gasteiger charge is 2.39. The number of nitrogens with one attached hydrogen (secondary N) is 1. The summed E-state index contributed by atoms with van der Waals surface area (Å²) in [6.07, 6.45) is 7.83. The van der Waals surface area contributed by atoms with Crippen molar-refractivity contribution in [3.63, 3.8) is 0 Å². The second kappa shape index (κ2) is 6.53. The first-order valence-corrected chi connectivity index (χ1v) is 8.18. The van der Waals surface area contributed by atoms with Gasteiger partial charge in [-0.1, -0.05) is 19.3 Å². The molecule has 0 aromatic rings. The lowest BCUT2D eigenvalue weighted by Gasteiger charge is -2.44. The predicted octanol–water partition coefficient (Wildman–Crippen LogP) is 2.28. The number of likely N-dealkylation sites (N-methyl/N-ethyl adjacent to an activating group) is 1. The van der Waals surface area contributed by atoms with Gasteiger partial charge in [-0.3, -0.25) is 0 Å². The van der Waals surface area contributed by atoms with E-state index in [4.69, 9.17) is 4.74 Å². The maximum absolute atomic E-state index is 12.2. The second-order valence-corrected chi connectivity index (χ2v) is 7.40. The summed E-state index contributed by atoms with van der Waals surface area (Å²) in [5.74, 6) is 0. The van der Waals surface area contributed by atoms with Crippen LogP contribution in [0.4, 0.5) is 4.79 Å². The predicted molar refractivity (Wildman–Crippen MR) is 82.2 cm³/mol. The van der Waals surface area contributed by atoms with Crippen molar-refractivity contribution in [1.29, 1.82) is 0 Å². The standard InChI is InChI=1S/C16H30N2O3/c1-15(2,20)12-18(3)14(19)17-13-7-10-21-16(11-13)8-5-4-6-9-16/h13,20H,4-12H2,1-3H3,(H,17,19). The zero-order valence-corrected chi connectivity index (χ0v) is 13.7. The number of aliphatic hydroxyl groups is 1. The van der Waals surface area contributed by atoms with E-state index in [-0.39, 0.29) is 17.7 Å². The molecule has 122 valence electrons. The number of hydrogen-bond acceptors (Lipinski definition) is 3. The molecule has 21 heavy (non-hydrogen) atoms. The summed E-state index contributed by atoms with van der Waals surface area (Å²) in [6.45, 7) is 4.48. The summed E-state index contributed by atoms with van der Waals surface area (Å²) < 4.78 is 6.05. The molecule has 1 unspecified atom stereocenters. The van der Waals surface area contributed by atoms with Crippen molar-refractivity contribution >= 4 is 6.03 Å². The van der Waals surface area contributed by atoms with Gasteiger partial charge in [0.25, 0.3) is 0 Å². The van der Waals surface area contributed by atoms with E-state index in [1.165, 1.54) is 19.3 Å². The van der Waals surface area contributed by atoms with E-state index in [0.29, 0.717) is 6.54 Å². The third kappa shape index (κ3) is 4.85. The Hall–Kier alpha value is -0.810. The number of urea groups is 1. The lowest BCUT2D eigenvalue weighted by molar-refractivity contribution is -0.108. The number of amides is 2. The Labute approximate surface area is 128 Å². The Balaban J connectivity index is 1.86. The first-order valence-electron chi connectivity index (χ1n) is 8.18. The van der Waals surface area contributed by atoms with Crippen molar-refractivity contribution in [2.24, 2.45) is 0 Å². The number of nitrogens with zero attached hydrogens (tertiary/aromatic N) is 1. The minimum absolute atomic E-state index is 0.00324. The van der Waals surface area contributed by atoms with Crippen molar-refractivity contribution in [3.8, 4) is 0 Å². The fourth-order valence-electron chi connectivity index (χ4n) is 3.63. The molecule has 0 bridgehead atoms. The zero-order valence-electron chi connectivity index (χ0n) is 13.7. The third-order valence-corrected chi connectivity index (χ3v) is 4.56. The normalized spacial score (nSPS) is 25.6. The molecule has 2 aliphatic rings. The van der Waals surface area contributed by atoms with Gasteiger partial charge >= 0.3 is 6.03 Å². The van der Waals surface area contributed by atoms with Crippen LogP contribution in [0, 0.1) is 0 Å². The molecule has 1 saturated carbocycles. The van der Waals surface area contributed by atoms with E-state index in [9.17, 15) is 9.90 Å². The van der Waals surface area contributed by atoms with E-state index >= 15 is 0 Å². The van der Waals surface area contributed by atoms with E-state index in [2.05, 4.69) is 5.32 Å². The molecular weight excluding hydrogens is 268 g/mol. The smallest absolute Gasteiger partial charge is 0.317 e. The van der Waals surface area contributed by atoms with Gasteiger partial charge in [-0.15, -0.1) is 0 Å². The highest BCUT2D eigenvalue weighted by Crippen LogP contribution is 2.38.